The Morgan fingerprint density at radius 1 is 1.42 bits per heavy atom. The minimum absolute atomic E-state index is 0.0337. The summed E-state index contributed by atoms with van der Waals surface area (Å²) in [5.74, 6) is 1.13. The van der Waals surface area contributed by atoms with Gasteiger partial charge in [-0.25, -0.2) is 0 Å². The van der Waals surface area contributed by atoms with Crippen LogP contribution in [0.3, 0.4) is 0 Å². The van der Waals surface area contributed by atoms with Crippen molar-refractivity contribution in [2.45, 2.75) is 46.1 Å². The van der Waals surface area contributed by atoms with E-state index in [2.05, 4.69) is 34.3 Å². The van der Waals surface area contributed by atoms with Gasteiger partial charge >= 0.3 is 0 Å². The van der Waals surface area contributed by atoms with Crippen molar-refractivity contribution in [1.82, 2.24) is 19.8 Å². The molecule has 0 spiro atoms. The fourth-order valence-corrected chi connectivity index (χ4v) is 3.57. The molecule has 0 aliphatic carbocycles. The highest BCUT2D eigenvalue weighted by molar-refractivity contribution is 5.89. The summed E-state index contributed by atoms with van der Waals surface area (Å²) >= 11 is 0. The van der Waals surface area contributed by atoms with Crippen LogP contribution in [0.25, 0.3) is 0 Å². The summed E-state index contributed by atoms with van der Waals surface area (Å²) < 4.78 is 6.91. The van der Waals surface area contributed by atoms with Crippen LogP contribution in [-0.2, 0) is 11.8 Å². The summed E-state index contributed by atoms with van der Waals surface area (Å²) in [6, 6.07) is 2.08. The van der Waals surface area contributed by atoms with Crippen molar-refractivity contribution >= 4 is 11.7 Å². The molecular weight excluding hydrogens is 306 g/mol. The highest BCUT2D eigenvalue weighted by Gasteiger charge is 2.30. The molecule has 7 nitrogen and oxygen atoms in total. The van der Waals surface area contributed by atoms with Crippen LogP contribution in [0.5, 0.6) is 0 Å². The molecule has 7 heteroatoms. The summed E-state index contributed by atoms with van der Waals surface area (Å²) in [6.45, 7) is 7.75. The highest BCUT2D eigenvalue weighted by Crippen LogP contribution is 2.35. The van der Waals surface area contributed by atoms with Gasteiger partial charge in [-0.1, -0.05) is 5.16 Å². The van der Waals surface area contributed by atoms with Crippen molar-refractivity contribution in [2.75, 3.05) is 18.4 Å². The predicted octanol–water partition coefficient (Wildman–Crippen LogP) is 2.50. The number of hydrogen-bond donors (Lipinski definition) is 1. The Bertz CT molecular complexity index is 733. The largest absolute Gasteiger partial charge is 0.360 e. The van der Waals surface area contributed by atoms with E-state index in [1.807, 2.05) is 11.7 Å². The molecule has 0 aromatic carbocycles. The van der Waals surface area contributed by atoms with Gasteiger partial charge in [0, 0.05) is 43.4 Å². The van der Waals surface area contributed by atoms with Gasteiger partial charge in [0.05, 0.1) is 5.69 Å². The smallest absolute Gasteiger partial charge is 0.226 e. The first-order valence-corrected chi connectivity index (χ1v) is 8.43. The quantitative estimate of drug-likeness (QED) is 0.911. The number of hydrogen-bond acceptors (Lipinski definition) is 5. The van der Waals surface area contributed by atoms with E-state index in [0.29, 0.717) is 24.0 Å². The fourth-order valence-electron chi connectivity index (χ4n) is 3.57. The minimum atomic E-state index is -0.0337. The molecule has 130 valence electrons. The maximum Gasteiger partial charge on any atom is 0.226 e. The Balaban J connectivity index is 1.61. The topological polar surface area (TPSA) is 76.2 Å². The van der Waals surface area contributed by atoms with Crippen LogP contribution in [0.1, 0.15) is 48.0 Å². The normalized spacial score (nSPS) is 18.2. The zero-order chi connectivity index (χ0) is 17.3. The molecule has 1 aliphatic rings. The van der Waals surface area contributed by atoms with Gasteiger partial charge in [0.2, 0.25) is 5.91 Å². The third-order valence-electron chi connectivity index (χ3n) is 4.78. The first-order valence-electron chi connectivity index (χ1n) is 8.43. The second-order valence-corrected chi connectivity index (χ2v) is 6.52. The lowest BCUT2D eigenvalue weighted by Gasteiger charge is -2.24. The fraction of sp³-hybridized carbons (Fsp3) is 0.588. The highest BCUT2D eigenvalue weighted by atomic mass is 16.5. The number of nitrogens with one attached hydrogen (secondary N) is 1. The number of likely N-dealkylation sites (tertiary alicyclic amines) is 1. The van der Waals surface area contributed by atoms with Crippen LogP contribution < -0.4 is 5.32 Å². The number of nitrogens with zero attached hydrogens (tertiary/aromatic N) is 4. The van der Waals surface area contributed by atoms with E-state index < -0.39 is 0 Å². The van der Waals surface area contributed by atoms with Gasteiger partial charge in [-0.15, -0.1) is 0 Å². The van der Waals surface area contributed by atoms with E-state index in [0.717, 1.165) is 31.6 Å². The zero-order valence-corrected chi connectivity index (χ0v) is 14.8. The van der Waals surface area contributed by atoms with Crippen molar-refractivity contribution in [3.8, 4) is 0 Å². The van der Waals surface area contributed by atoms with Crippen molar-refractivity contribution < 1.29 is 9.32 Å². The van der Waals surface area contributed by atoms with E-state index >= 15 is 0 Å². The number of carbonyl (C=O) groups excluding carboxylic acids is 1. The molecule has 1 atom stereocenters. The number of anilines is 1. The lowest BCUT2D eigenvalue weighted by atomic mass is 10.0. The van der Waals surface area contributed by atoms with Crippen LogP contribution >= 0.6 is 0 Å². The molecule has 1 unspecified atom stereocenters. The monoisotopic (exact) mass is 331 g/mol. The van der Waals surface area contributed by atoms with Gasteiger partial charge in [-0.05, 0) is 40.2 Å². The standard InChI is InChI=1S/C17H25N5O2/c1-11-10-15(20-24-11)18-16(23)7-9-22-8-5-6-14(22)17-12(2)19-21(4)13(17)3/h10,14H,5-9H2,1-4H3,(H,18,20,23). The molecule has 2 aromatic heterocycles. The van der Waals surface area contributed by atoms with Crippen molar-refractivity contribution in [3.05, 3.63) is 28.8 Å². The maximum absolute atomic E-state index is 12.1. The van der Waals surface area contributed by atoms with E-state index in [4.69, 9.17) is 4.52 Å². The van der Waals surface area contributed by atoms with Gasteiger partial charge in [0.15, 0.2) is 5.82 Å². The third kappa shape index (κ3) is 3.36. The van der Waals surface area contributed by atoms with Gasteiger partial charge in [0.1, 0.15) is 5.76 Å². The zero-order valence-electron chi connectivity index (χ0n) is 14.8. The van der Waals surface area contributed by atoms with Gasteiger partial charge in [0.25, 0.3) is 0 Å². The molecule has 0 bridgehead atoms. The van der Waals surface area contributed by atoms with Gasteiger partial charge < -0.3 is 9.84 Å². The lowest BCUT2D eigenvalue weighted by molar-refractivity contribution is -0.116. The first-order chi connectivity index (χ1) is 11.5. The average Bonchev–Trinajstić information content (AvgIpc) is 3.19. The Morgan fingerprint density at radius 3 is 2.83 bits per heavy atom. The Morgan fingerprint density at radius 2 is 2.21 bits per heavy atom. The van der Waals surface area contributed by atoms with E-state index in [1.165, 1.54) is 11.3 Å². The van der Waals surface area contributed by atoms with Crippen molar-refractivity contribution in [2.24, 2.45) is 7.05 Å². The summed E-state index contributed by atoms with van der Waals surface area (Å²) in [7, 11) is 1.98. The van der Waals surface area contributed by atoms with Gasteiger partial charge in [-0.3, -0.25) is 14.4 Å². The molecule has 3 heterocycles. The molecule has 1 aliphatic heterocycles. The summed E-state index contributed by atoms with van der Waals surface area (Å²) in [6.07, 6.45) is 2.72. The molecule has 0 saturated carbocycles. The first kappa shape index (κ1) is 16.7. The lowest BCUT2D eigenvalue weighted by Crippen LogP contribution is -2.28. The molecule has 1 fully saturated rings. The molecule has 0 radical (unpaired) electrons. The van der Waals surface area contributed by atoms with Crippen LogP contribution in [0.2, 0.25) is 0 Å². The molecule has 2 aromatic rings. The molecule has 3 rings (SSSR count). The van der Waals surface area contributed by atoms with Crippen molar-refractivity contribution in [3.63, 3.8) is 0 Å². The van der Waals surface area contributed by atoms with Crippen LogP contribution in [-0.4, -0.2) is 38.8 Å². The third-order valence-corrected chi connectivity index (χ3v) is 4.78. The second-order valence-electron chi connectivity index (χ2n) is 6.52. The van der Waals surface area contributed by atoms with Crippen LogP contribution in [0, 0.1) is 20.8 Å². The average molecular weight is 331 g/mol. The Labute approximate surface area is 142 Å². The maximum atomic E-state index is 12.1. The van der Waals surface area contributed by atoms with E-state index in [1.54, 1.807) is 13.0 Å². The summed E-state index contributed by atoms with van der Waals surface area (Å²) in [5, 5.41) is 11.1. The van der Waals surface area contributed by atoms with Crippen LogP contribution in [0.4, 0.5) is 5.82 Å². The molecular formula is C17H25N5O2. The van der Waals surface area contributed by atoms with Crippen molar-refractivity contribution in [1.29, 1.82) is 0 Å². The predicted molar refractivity (Wildman–Crippen MR) is 90.7 cm³/mol. The van der Waals surface area contributed by atoms with Crippen LogP contribution in [0.15, 0.2) is 10.6 Å². The number of aromatic nitrogens is 3. The molecule has 24 heavy (non-hydrogen) atoms. The Hall–Kier alpha value is -2.15. The van der Waals surface area contributed by atoms with E-state index in [9.17, 15) is 4.79 Å². The Kier molecular flexibility index (Phi) is 4.71. The minimum Gasteiger partial charge on any atom is -0.360 e. The SMILES string of the molecule is Cc1cc(NC(=O)CCN2CCCC2c2c(C)nn(C)c2C)no1. The number of carbonyl (C=O) groups is 1. The number of aryl methyl sites for hydroxylation is 3. The van der Waals surface area contributed by atoms with Gasteiger partial charge in [-0.2, -0.15) is 5.10 Å². The number of amides is 1. The second kappa shape index (κ2) is 6.76. The number of rotatable bonds is 5. The molecule has 1 N–H and O–H groups in total. The van der Waals surface area contributed by atoms with E-state index in [-0.39, 0.29) is 5.91 Å². The summed E-state index contributed by atoms with van der Waals surface area (Å²) in [5.41, 5.74) is 3.63. The molecule has 1 amide bonds. The summed E-state index contributed by atoms with van der Waals surface area (Å²) in [4.78, 5) is 14.5. The molecule has 1 saturated heterocycles.